The molecule has 0 spiro atoms. The normalized spacial score (nSPS) is 17.2. The van der Waals surface area contributed by atoms with Crippen molar-refractivity contribution in [2.45, 2.75) is 51.7 Å². The second-order valence-electron chi connectivity index (χ2n) is 8.21. The Morgan fingerprint density at radius 1 is 1.36 bits per heavy atom. The second kappa shape index (κ2) is 8.20. The van der Waals surface area contributed by atoms with E-state index < -0.39 is 11.7 Å². The summed E-state index contributed by atoms with van der Waals surface area (Å²) in [6, 6.07) is 5.75. The Bertz CT molecular complexity index is 781. The fraction of sp³-hybridized carbons (Fsp3) is 0.524. The fourth-order valence-electron chi connectivity index (χ4n) is 3.10. The van der Waals surface area contributed by atoms with Gasteiger partial charge in [-0.05, 0) is 63.8 Å². The third kappa shape index (κ3) is 5.24. The Labute approximate surface area is 164 Å². The number of nitrogens with one attached hydrogen (secondary N) is 1. The number of fused-ring (bicyclic) bond motifs is 1. The maximum absolute atomic E-state index is 13.1. The summed E-state index contributed by atoms with van der Waals surface area (Å²) in [6.45, 7) is 5.98. The lowest BCUT2D eigenvalue weighted by Gasteiger charge is -2.28. The molecule has 7 heteroatoms. The predicted octanol–water partition coefficient (Wildman–Crippen LogP) is 3.60. The number of alkyl carbamates (subject to hydrolysis) is 1. The quantitative estimate of drug-likeness (QED) is 0.806. The Morgan fingerprint density at radius 2 is 2.11 bits per heavy atom. The van der Waals surface area contributed by atoms with E-state index in [1.165, 1.54) is 0 Å². The zero-order valence-corrected chi connectivity index (χ0v) is 16.6. The topological polar surface area (TPSA) is 67.9 Å². The molecule has 0 atom stereocenters. The smallest absolute Gasteiger partial charge is 0.407 e. The molecule has 1 aliphatic carbocycles. The van der Waals surface area contributed by atoms with Gasteiger partial charge in [0.2, 0.25) is 0 Å². The highest BCUT2D eigenvalue weighted by Gasteiger charge is 2.35. The summed E-state index contributed by atoms with van der Waals surface area (Å²) in [7, 11) is 0. The van der Waals surface area contributed by atoms with E-state index in [0.717, 1.165) is 36.9 Å². The minimum absolute atomic E-state index is 0.00672. The highest BCUT2D eigenvalue weighted by molar-refractivity contribution is 5.97. The first-order valence-corrected chi connectivity index (χ1v) is 9.58. The number of nitrogens with zero attached hydrogens (tertiary/aromatic N) is 1. The molecule has 1 saturated carbocycles. The van der Waals surface area contributed by atoms with Crippen LogP contribution in [-0.4, -0.2) is 48.2 Å². The predicted molar refractivity (Wildman–Crippen MR) is 103 cm³/mol. The van der Waals surface area contributed by atoms with Gasteiger partial charge < -0.3 is 19.7 Å². The number of hydrogen-bond acceptors (Lipinski definition) is 4. The molecule has 1 fully saturated rings. The van der Waals surface area contributed by atoms with E-state index >= 15 is 0 Å². The van der Waals surface area contributed by atoms with Gasteiger partial charge in [0.15, 0.2) is 0 Å². The Kier molecular flexibility index (Phi) is 5.91. The molecule has 152 valence electrons. The zero-order valence-electron chi connectivity index (χ0n) is 16.6. The standard InChI is InChI=1S/C21H27FN2O4/c1-21(2,3)28-20(26)23-12-14(11-22)13-27-17-6-7-18-15(10-17)8-9-24(19(18)25)16-4-5-16/h6-7,10-11,16H,4-5,8-9,12-13H2,1-3H3,(H,23,26). The molecule has 6 nitrogen and oxygen atoms in total. The van der Waals surface area contributed by atoms with Crippen molar-refractivity contribution in [2.24, 2.45) is 0 Å². The van der Waals surface area contributed by atoms with Crippen molar-refractivity contribution in [3.05, 3.63) is 41.2 Å². The molecule has 1 aliphatic heterocycles. The van der Waals surface area contributed by atoms with E-state index in [1.54, 1.807) is 32.9 Å². The van der Waals surface area contributed by atoms with Crippen LogP contribution < -0.4 is 10.1 Å². The Morgan fingerprint density at radius 3 is 2.75 bits per heavy atom. The van der Waals surface area contributed by atoms with Crippen LogP contribution in [0.25, 0.3) is 0 Å². The number of benzene rings is 1. The molecule has 0 bridgehead atoms. The lowest BCUT2D eigenvalue weighted by atomic mass is 9.98. The van der Waals surface area contributed by atoms with Crippen molar-refractivity contribution < 1.29 is 23.5 Å². The van der Waals surface area contributed by atoms with Crippen molar-refractivity contribution in [1.82, 2.24) is 10.2 Å². The number of amides is 2. The molecule has 1 aromatic carbocycles. The summed E-state index contributed by atoms with van der Waals surface area (Å²) in [5.41, 5.74) is 1.34. The van der Waals surface area contributed by atoms with Gasteiger partial charge in [0.05, 0.1) is 6.33 Å². The van der Waals surface area contributed by atoms with Gasteiger partial charge in [-0.2, -0.15) is 0 Å². The Balaban J connectivity index is 1.53. The summed E-state index contributed by atoms with van der Waals surface area (Å²) < 4.78 is 23.9. The van der Waals surface area contributed by atoms with E-state index in [9.17, 15) is 14.0 Å². The van der Waals surface area contributed by atoms with Crippen LogP contribution in [0.4, 0.5) is 9.18 Å². The minimum Gasteiger partial charge on any atom is -0.489 e. The Hall–Kier alpha value is -2.57. The molecular weight excluding hydrogens is 363 g/mol. The molecular formula is C21H27FN2O4. The van der Waals surface area contributed by atoms with Crippen molar-refractivity contribution in [1.29, 1.82) is 0 Å². The largest absolute Gasteiger partial charge is 0.489 e. The van der Waals surface area contributed by atoms with E-state index in [0.29, 0.717) is 18.1 Å². The number of carbonyl (C=O) groups is 2. The van der Waals surface area contributed by atoms with Gasteiger partial charge in [-0.1, -0.05) is 0 Å². The van der Waals surface area contributed by atoms with Crippen LogP contribution in [0.5, 0.6) is 5.75 Å². The maximum Gasteiger partial charge on any atom is 0.407 e. The molecule has 1 N–H and O–H groups in total. The average molecular weight is 390 g/mol. The lowest BCUT2D eigenvalue weighted by Crippen LogP contribution is -2.39. The number of ether oxygens (including phenoxy) is 2. The summed E-state index contributed by atoms with van der Waals surface area (Å²) in [4.78, 5) is 26.2. The van der Waals surface area contributed by atoms with Crippen LogP contribution in [0.15, 0.2) is 30.1 Å². The zero-order chi connectivity index (χ0) is 20.3. The van der Waals surface area contributed by atoms with Crippen LogP contribution in [0.3, 0.4) is 0 Å². The number of hydrogen-bond donors (Lipinski definition) is 1. The maximum atomic E-state index is 13.1. The van der Waals surface area contributed by atoms with Crippen molar-refractivity contribution >= 4 is 12.0 Å². The number of rotatable bonds is 6. The van der Waals surface area contributed by atoms with Gasteiger partial charge in [0.25, 0.3) is 5.91 Å². The minimum atomic E-state index is -0.615. The van der Waals surface area contributed by atoms with Crippen LogP contribution in [0.2, 0.25) is 0 Å². The molecule has 2 aliphatic rings. The third-order valence-corrected chi connectivity index (χ3v) is 4.61. The van der Waals surface area contributed by atoms with Crippen molar-refractivity contribution in [3.63, 3.8) is 0 Å². The molecule has 1 aromatic rings. The van der Waals surface area contributed by atoms with Crippen LogP contribution in [-0.2, 0) is 11.2 Å². The van der Waals surface area contributed by atoms with Gasteiger partial charge in [-0.25, -0.2) is 9.18 Å². The third-order valence-electron chi connectivity index (χ3n) is 4.61. The van der Waals surface area contributed by atoms with Crippen molar-refractivity contribution in [3.8, 4) is 5.75 Å². The molecule has 28 heavy (non-hydrogen) atoms. The fourth-order valence-corrected chi connectivity index (χ4v) is 3.10. The molecule has 0 radical (unpaired) electrons. The second-order valence-corrected chi connectivity index (χ2v) is 8.21. The van der Waals surface area contributed by atoms with Gasteiger partial charge in [0, 0.05) is 30.3 Å². The molecule has 0 unspecified atom stereocenters. The first-order valence-electron chi connectivity index (χ1n) is 9.58. The SMILES string of the molecule is CC(C)(C)OC(=O)NCC(=CF)COc1ccc2c(c1)CCN(C1CC1)C2=O. The van der Waals surface area contributed by atoms with Crippen LogP contribution >= 0.6 is 0 Å². The number of carbonyl (C=O) groups excluding carboxylic acids is 2. The van der Waals surface area contributed by atoms with Crippen molar-refractivity contribution in [2.75, 3.05) is 19.7 Å². The summed E-state index contributed by atoms with van der Waals surface area (Å²) in [5, 5.41) is 2.50. The average Bonchev–Trinajstić information content (AvgIpc) is 3.45. The lowest BCUT2D eigenvalue weighted by molar-refractivity contribution is 0.0531. The monoisotopic (exact) mass is 390 g/mol. The summed E-state index contributed by atoms with van der Waals surface area (Å²) in [5.74, 6) is 0.657. The summed E-state index contributed by atoms with van der Waals surface area (Å²) in [6.07, 6.45) is 2.79. The van der Waals surface area contributed by atoms with Crippen LogP contribution in [0, 0.1) is 0 Å². The first-order chi connectivity index (χ1) is 13.3. The molecule has 2 amide bonds. The van der Waals surface area contributed by atoms with Gasteiger partial charge in [-0.15, -0.1) is 0 Å². The summed E-state index contributed by atoms with van der Waals surface area (Å²) >= 11 is 0. The van der Waals surface area contributed by atoms with Gasteiger partial charge in [0.1, 0.15) is 18.0 Å². The van der Waals surface area contributed by atoms with Gasteiger partial charge in [-0.3, -0.25) is 4.79 Å². The van der Waals surface area contributed by atoms with E-state index in [4.69, 9.17) is 9.47 Å². The molecule has 0 saturated heterocycles. The van der Waals surface area contributed by atoms with E-state index in [1.807, 2.05) is 11.0 Å². The van der Waals surface area contributed by atoms with Crippen LogP contribution in [0.1, 0.15) is 49.5 Å². The molecule has 0 aromatic heterocycles. The molecule has 3 rings (SSSR count). The molecule has 1 heterocycles. The highest BCUT2D eigenvalue weighted by Crippen LogP contribution is 2.32. The van der Waals surface area contributed by atoms with E-state index in [2.05, 4.69) is 5.32 Å². The first kappa shape index (κ1) is 20.2. The number of halogens is 1. The highest BCUT2D eigenvalue weighted by atomic mass is 19.1. The van der Waals surface area contributed by atoms with E-state index in [-0.39, 0.29) is 24.6 Å². The van der Waals surface area contributed by atoms with Gasteiger partial charge >= 0.3 is 6.09 Å².